The van der Waals surface area contributed by atoms with Crippen molar-refractivity contribution in [2.24, 2.45) is 0 Å². The maximum atomic E-state index is 14.0. The lowest BCUT2D eigenvalue weighted by molar-refractivity contribution is 0.0154. The van der Waals surface area contributed by atoms with Gasteiger partial charge in [-0.25, -0.2) is 18.4 Å². The number of benzene rings is 1. The summed E-state index contributed by atoms with van der Waals surface area (Å²) >= 11 is 0.660. The van der Waals surface area contributed by atoms with Gasteiger partial charge in [0.15, 0.2) is 17.2 Å². The molecular formula is C20H24F2N4O6S. The predicted octanol–water partition coefficient (Wildman–Crippen LogP) is 1.82. The highest BCUT2D eigenvalue weighted by Crippen LogP contribution is 2.31. The first-order valence-electron chi connectivity index (χ1n) is 10.1. The number of carbonyl (C=O) groups excluding carboxylic acids is 1. The number of hydrogen-bond acceptors (Lipinski definition) is 8. The zero-order valence-electron chi connectivity index (χ0n) is 17.8. The van der Waals surface area contributed by atoms with Crippen molar-refractivity contribution in [3.63, 3.8) is 0 Å². The highest BCUT2D eigenvalue weighted by molar-refractivity contribution is 7.11. The minimum Gasteiger partial charge on any atom is -0.477 e. The number of anilines is 1. The number of β-amino-alcohol motifs (C(OH)–C–C–N with tert-alkyl or cyclic N) is 1. The minimum absolute atomic E-state index is 0.0496. The monoisotopic (exact) mass is 486 g/mol. The number of nitrogens with zero attached hydrogens (tertiary/aromatic N) is 2. The van der Waals surface area contributed by atoms with Gasteiger partial charge in [-0.05, 0) is 24.0 Å². The van der Waals surface area contributed by atoms with E-state index < -0.39 is 41.9 Å². The molecule has 0 saturated carbocycles. The van der Waals surface area contributed by atoms with Crippen LogP contribution >= 0.6 is 11.5 Å². The summed E-state index contributed by atoms with van der Waals surface area (Å²) in [4.78, 5) is 25.9. The normalized spacial score (nSPS) is 15.2. The van der Waals surface area contributed by atoms with Crippen molar-refractivity contribution in [2.45, 2.75) is 19.6 Å². The van der Waals surface area contributed by atoms with Gasteiger partial charge in [-0.1, -0.05) is 12.1 Å². The third-order valence-corrected chi connectivity index (χ3v) is 5.64. The number of carbonyl (C=O) groups is 2. The van der Waals surface area contributed by atoms with E-state index in [9.17, 15) is 28.6 Å². The molecule has 1 aliphatic rings. The molecule has 2 aromatic rings. The standard InChI is InChI=1S/C20H24F2N4O6S/c1-11-2-3-12(16(22)15(11)21)10-32-17-14(19(28)29)18(33-25-17)24-20(30)23-8-13(27)9-26-4-6-31-7-5-26/h2-3,13,27H,4-10H2,1H3,(H,28,29)(H2,23,24,30). The third-order valence-electron chi connectivity index (χ3n) is 4.89. The molecule has 1 aliphatic heterocycles. The topological polar surface area (TPSA) is 133 Å². The summed E-state index contributed by atoms with van der Waals surface area (Å²) in [5.41, 5.74) is -0.398. The predicted molar refractivity (Wildman–Crippen MR) is 115 cm³/mol. The van der Waals surface area contributed by atoms with E-state index in [1.165, 1.54) is 19.1 Å². The first-order chi connectivity index (χ1) is 15.8. The summed E-state index contributed by atoms with van der Waals surface area (Å²) in [6, 6.07) is 1.97. The number of aryl methyl sites for hydroxylation is 1. The molecule has 3 rings (SSSR count). The number of rotatable bonds is 9. The van der Waals surface area contributed by atoms with Gasteiger partial charge >= 0.3 is 12.0 Å². The van der Waals surface area contributed by atoms with Crippen LogP contribution in [-0.4, -0.2) is 77.0 Å². The summed E-state index contributed by atoms with van der Waals surface area (Å²) in [7, 11) is 0. The average molecular weight is 486 g/mol. The molecule has 33 heavy (non-hydrogen) atoms. The fourth-order valence-corrected chi connectivity index (χ4v) is 3.82. The van der Waals surface area contributed by atoms with Crippen molar-refractivity contribution in [1.82, 2.24) is 14.6 Å². The zero-order chi connectivity index (χ0) is 24.0. The van der Waals surface area contributed by atoms with Crippen LogP contribution in [0.4, 0.5) is 18.6 Å². The number of aliphatic hydroxyl groups excluding tert-OH is 1. The van der Waals surface area contributed by atoms with E-state index in [1.54, 1.807) is 0 Å². The Hall–Kier alpha value is -2.87. The van der Waals surface area contributed by atoms with Crippen molar-refractivity contribution in [3.05, 3.63) is 40.5 Å². The van der Waals surface area contributed by atoms with Crippen LogP contribution in [0.2, 0.25) is 0 Å². The van der Waals surface area contributed by atoms with E-state index in [1.807, 2.05) is 4.90 Å². The zero-order valence-corrected chi connectivity index (χ0v) is 18.6. The summed E-state index contributed by atoms with van der Waals surface area (Å²) < 4.78 is 42.1. The molecule has 0 bridgehead atoms. The molecule has 13 heteroatoms. The number of amides is 2. The number of halogens is 2. The average Bonchev–Trinajstić information content (AvgIpc) is 3.19. The van der Waals surface area contributed by atoms with Crippen LogP contribution < -0.4 is 15.4 Å². The molecule has 4 N–H and O–H groups in total. The van der Waals surface area contributed by atoms with E-state index in [-0.39, 0.29) is 28.6 Å². The molecule has 1 unspecified atom stereocenters. The molecule has 0 spiro atoms. The quantitative estimate of drug-likeness (QED) is 0.422. The number of nitrogens with one attached hydrogen (secondary N) is 2. The maximum absolute atomic E-state index is 14.0. The SMILES string of the molecule is Cc1ccc(COc2nsc(NC(=O)NCC(O)CN3CCOCC3)c2C(=O)O)c(F)c1F. The fraction of sp³-hybridized carbons (Fsp3) is 0.450. The number of aromatic nitrogens is 1. The second-order valence-corrected chi connectivity index (χ2v) is 8.13. The van der Waals surface area contributed by atoms with E-state index in [0.717, 1.165) is 0 Å². The van der Waals surface area contributed by atoms with Crippen LogP contribution in [0, 0.1) is 18.6 Å². The largest absolute Gasteiger partial charge is 0.477 e. The Bertz CT molecular complexity index is 999. The van der Waals surface area contributed by atoms with Crippen molar-refractivity contribution in [2.75, 3.05) is 44.7 Å². The van der Waals surface area contributed by atoms with Gasteiger partial charge in [-0.15, -0.1) is 0 Å². The van der Waals surface area contributed by atoms with Gasteiger partial charge in [-0.2, -0.15) is 4.37 Å². The lowest BCUT2D eigenvalue weighted by Gasteiger charge is -2.28. The molecule has 180 valence electrons. The summed E-state index contributed by atoms with van der Waals surface area (Å²) in [5, 5.41) is 24.3. The van der Waals surface area contributed by atoms with Gasteiger partial charge in [-0.3, -0.25) is 10.2 Å². The molecule has 0 radical (unpaired) electrons. The van der Waals surface area contributed by atoms with Crippen LogP contribution in [0.25, 0.3) is 0 Å². The second kappa shape index (κ2) is 11.3. The number of hydrogen-bond donors (Lipinski definition) is 4. The van der Waals surface area contributed by atoms with Gasteiger partial charge in [0.05, 0.1) is 19.3 Å². The maximum Gasteiger partial charge on any atom is 0.344 e. The smallest absolute Gasteiger partial charge is 0.344 e. The van der Waals surface area contributed by atoms with E-state index in [4.69, 9.17) is 9.47 Å². The van der Waals surface area contributed by atoms with Gasteiger partial charge in [0.2, 0.25) is 5.88 Å². The molecule has 1 fully saturated rings. The lowest BCUT2D eigenvalue weighted by Crippen LogP contribution is -2.45. The van der Waals surface area contributed by atoms with Crippen molar-refractivity contribution < 1.29 is 38.1 Å². The molecule has 2 heterocycles. The Balaban J connectivity index is 1.57. The van der Waals surface area contributed by atoms with E-state index in [2.05, 4.69) is 15.0 Å². The van der Waals surface area contributed by atoms with Crippen LogP contribution in [-0.2, 0) is 11.3 Å². The Morgan fingerprint density at radius 2 is 2.03 bits per heavy atom. The lowest BCUT2D eigenvalue weighted by atomic mass is 10.1. The van der Waals surface area contributed by atoms with Crippen LogP contribution in [0.15, 0.2) is 12.1 Å². The molecule has 10 nitrogen and oxygen atoms in total. The Morgan fingerprint density at radius 1 is 1.30 bits per heavy atom. The molecule has 1 aromatic carbocycles. The highest BCUT2D eigenvalue weighted by Gasteiger charge is 2.24. The summed E-state index contributed by atoms with van der Waals surface area (Å²) in [5.74, 6) is -3.86. The molecule has 1 atom stereocenters. The minimum atomic E-state index is -1.42. The Kier molecular flexibility index (Phi) is 8.49. The molecular weight excluding hydrogens is 462 g/mol. The fourth-order valence-electron chi connectivity index (χ4n) is 3.10. The van der Waals surface area contributed by atoms with E-state index in [0.29, 0.717) is 44.4 Å². The highest BCUT2D eigenvalue weighted by atomic mass is 32.1. The Morgan fingerprint density at radius 3 is 2.73 bits per heavy atom. The number of aromatic carboxylic acids is 1. The molecule has 1 aromatic heterocycles. The number of carboxylic acids is 1. The number of urea groups is 1. The second-order valence-electron chi connectivity index (χ2n) is 7.36. The van der Waals surface area contributed by atoms with Crippen molar-refractivity contribution >= 4 is 28.5 Å². The van der Waals surface area contributed by atoms with E-state index >= 15 is 0 Å². The number of carboxylic acid groups (broad SMARTS) is 1. The third kappa shape index (κ3) is 6.57. The van der Waals surface area contributed by atoms with Gasteiger partial charge in [0.25, 0.3) is 0 Å². The number of aliphatic hydroxyl groups is 1. The van der Waals surface area contributed by atoms with Crippen LogP contribution in [0.1, 0.15) is 21.5 Å². The Labute approximate surface area is 192 Å². The molecule has 2 amide bonds. The van der Waals surface area contributed by atoms with Crippen molar-refractivity contribution in [1.29, 1.82) is 0 Å². The number of ether oxygens (including phenoxy) is 2. The van der Waals surface area contributed by atoms with Gasteiger partial charge in [0, 0.05) is 31.7 Å². The number of morpholine rings is 1. The van der Waals surface area contributed by atoms with Crippen molar-refractivity contribution in [3.8, 4) is 5.88 Å². The first kappa shape index (κ1) is 24.8. The molecule has 0 aliphatic carbocycles. The summed E-state index contributed by atoms with van der Waals surface area (Å²) in [6.45, 7) is 3.82. The van der Waals surface area contributed by atoms with Crippen LogP contribution in [0.3, 0.4) is 0 Å². The molecule has 1 saturated heterocycles. The first-order valence-corrected chi connectivity index (χ1v) is 10.9. The van der Waals surface area contributed by atoms with Crippen LogP contribution in [0.5, 0.6) is 5.88 Å². The van der Waals surface area contributed by atoms with Gasteiger partial charge < -0.3 is 25.0 Å². The summed E-state index contributed by atoms with van der Waals surface area (Å²) in [6.07, 6.45) is -0.821. The van der Waals surface area contributed by atoms with Gasteiger partial charge in [0.1, 0.15) is 11.6 Å².